The molecule has 0 aromatic carbocycles. The van der Waals surface area contributed by atoms with E-state index in [1.807, 2.05) is 20.8 Å². The van der Waals surface area contributed by atoms with Crippen LogP contribution in [-0.2, 0) is 10.3 Å². The van der Waals surface area contributed by atoms with Crippen molar-refractivity contribution < 1.29 is 9.59 Å². The minimum absolute atomic E-state index is 0.0895. The van der Waals surface area contributed by atoms with Gasteiger partial charge >= 0.3 is 0 Å². The van der Waals surface area contributed by atoms with E-state index in [9.17, 15) is 9.59 Å². The summed E-state index contributed by atoms with van der Waals surface area (Å²) in [4.78, 5) is 30.6. The first-order valence-corrected chi connectivity index (χ1v) is 9.05. The van der Waals surface area contributed by atoms with E-state index in [0.717, 1.165) is 6.42 Å². The lowest BCUT2D eigenvalue weighted by atomic mass is 9.82. The van der Waals surface area contributed by atoms with Crippen LogP contribution in [0.5, 0.6) is 0 Å². The molecule has 7 nitrogen and oxygen atoms in total. The van der Waals surface area contributed by atoms with Crippen molar-refractivity contribution in [3.63, 3.8) is 0 Å². The van der Waals surface area contributed by atoms with E-state index >= 15 is 0 Å². The van der Waals surface area contributed by atoms with E-state index in [0.29, 0.717) is 13.1 Å². The van der Waals surface area contributed by atoms with Crippen molar-refractivity contribution in [1.29, 1.82) is 0 Å². The lowest BCUT2D eigenvalue weighted by Gasteiger charge is -2.26. The summed E-state index contributed by atoms with van der Waals surface area (Å²) in [5, 5.41) is 7.31. The molecule has 0 unspecified atom stereocenters. The summed E-state index contributed by atoms with van der Waals surface area (Å²) in [6.45, 7) is 17.1. The van der Waals surface area contributed by atoms with Gasteiger partial charge in [0.05, 0.1) is 11.6 Å². The van der Waals surface area contributed by atoms with Gasteiger partial charge in [-0.3, -0.25) is 9.59 Å². The van der Waals surface area contributed by atoms with E-state index in [2.05, 4.69) is 42.7 Å². The molecule has 2 amide bonds. The first-order chi connectivity index (χ1) is 11.9. The van der Waals surface area contributed by atoms with Gasteiger partial charge in [-0.15, -0.1) is 5.10 Å². The quantitative estimate of drug-likeness (QED) is 0.834. The fourth-order valence-corrected chi connectivity index (χ4v) is 3.26. The van der Waals surface area contributed by atoms with E-state index in [4.69, 9.17) is 0 Å². The van der Waals surface area contributed by atoms with Crippen molar-refractivity contribution in [2.24, 2.45) is 11.3 Å². The number of aromatic nitrogens is 3. The first kappa shape index (κ1) is 20.1. The van der Waals surface area contributed by atoms with Crippen LogP contribution in [0.1, 0.15) is 58.6 Å². The van der Waals surface area contributed by atoms with Crippen molar-refractivity contribution in [2.45, 2.75) is 59.5 Å². The van der Waals surface area contributed by atoms with Crippen LogP contribution in [0.4, 0.5) is 0 Å². The average molecular weight is 361 g/mol. The van der Waals surface area contributed by atoms with Crippen LogP contribution in [0.3, 0.4) is 0 Å². The molecule has 0 saturated carbocycles. The molecule has 1 aromatic rings. The minimum Gasteiger partial charge on any atom is -0.348 e. The van der Waals surface area contributed by atoms with Gasteiger partial charge in [-0.05, 0) is 44.6 Å². The predicted octanol–water partition coefficient (Wildman–Crippen LogP) is 2.21. The zero-order chi connectivity index (χ0) is 19.7. The SMILES string of the molecule is C=CC(=O)N[C@@H]1CN(C(=O)c2ncn(C(C)(C)C)n2)C[C@H]1CC(C)(C)C. The Kier molecular flexibility index (Phi) is 5.58. The number of hydrogen-bond donors (Lipinski definition) is 1. The molecular weight excluding hydrogens is 330 g/mol. The van der Waals surface area contributed by atoms with Gasteiger partial charge in [0.2, 0.25) is 11.7 Å². The highest BCUT2D eigenvalue weighted by Crippen LogP contribution is 2.31. The van der Waals surface area contributed by atoms with Gasteiger partial charge in [0, 0.05) is 13.1 Å². The molecule has 26 heavy (non-hydrogen) atoms. The molecule has 7 heteroatoms. The predicted molar refractivity (Wildman–Crippen MR) is 101 cm³/mol. The van der Waals surface area contributed by atoms with Gasteiger partial charge in [0.1, 0.15) is 6.33 Å². The number of rotatable bonds is 4. The Bertz CT molecular complexity index is 681. The van der Waals surface area contributed by atoms with Crippen LogP contribution in [-0.4, -0.2) is 50.6 Å². The summed E-state index contributed by atoms with van der Waals surface area (Å²) in [6.07, 6.45) is 3.76. The van der Waals surface area contributed by atoms with Crippen molar-refractivity contribution in [3.8, 4) is 0 Å². The maximum atomic E-state index is 12.9. The molecule has 144 valence electrons. The zero-order valence-electron chi connectivity index (χ0n) is 16.7. The summed E-state index contributed by atoms with van der Waals surface area (Å²) < 4.78 is 1.69. The summed E-state index contributed by atoms with van der Waals surface area (Å²) >= 11 is 0. The van der Waals surface area contributed by atoms with E-state index in [1.54, 1.807) is 15.9 Å². The van der Waals surface area contributed by atoms with Gasteiger partial charge in [-0.1, -0.05) is 27.4 Å². The molecular formula is C19H31N5O2. The second-order valence-electron chi connectivity index (χ2n) is 9.24. The molecule has 1 N–H and O–H groups in total. The minimum atomic E-state index is -0.230. The van der Waals surface area contributed by atoms with Gasteiger partial charge in [0.15, 0.2) is 0 Å². The number of carbonyl (C=O) groups excluding carboxylic acids is 2. The number of carbonyl (C=O) groups is 2. The number of nitrogens with one attached hydrogen (secondary N) is 1. The third-order valence-corrected chi connectivity index (χ3v) is 4.49. The topological polar surface area (TPSA) is 80.1 Å². The highest BCUT2D eigenvalue weighted by atomic mass is 16.2. The molecule has 0 aliphatic carbocycles. The lowest BCUT2D eigenvalue weighted by molar-refractivity contribution is -0.117. The fourth-order valence-electron chi connectivity index (χ4n) is 3.26. The Morgan fingerprint density at radius 2 is 1.92 bits per heavy atom. The van der Waals surface area contributed by atoms with Crippen molar-refractivity contribution in [2.75, 3.05) is 13.1 Å². The number of likely N-dealkylation sites (tertiary alicyclic amines) is 1. The Morgan fingerprint density at radius 1 is 1.27 bits per heavy atom. The smallest absolute Gasteiger partial charge is 0.293 e. The summed E-state index contributed by atoms with van der Waals surface area (Å²) in [5.41, 5.74) is -0.126. The molecule has 0 radical (unpaired) electrons. The molecule has 2 heterocycles. The van der Waals surface area contributed by atoms with Gasteiger partial charge in [0.25, 0.3) is 5.91 Å². The van der Waals surface area contributed by atoms with Gasteiger partial charge in [-0.25, -0.2) is 9.67 Å². The average Bonchev–Trinajstić information content (AvgIpc) is 3.12. The van der Waals surface area contributed by atoms with Crippen LogP contribution in [0.25, 0.3) is 0 Å². The molecule has 2 atom stereocenters. The maximum absolute atomic E-state index is 12.9. The molecule has 1 fully saturated rings. The Morgan fingerprint density at radius 3 is 2.42 bits per heavy atom. The van der Waals surface area contributed by atoms with E-state index < -0.39 is 0 Å². The van der Waals surface area contributed by atoms with Crippen molar-refractivity contribution in [3.05, 3.63) is 24.8 Å². The van der Waals surface area contributed by atoms with Crippen molar-refractivity contribution in [1.82, 2.24) is 25.0 Å². The van der Waals surface area contributed by atoms with Gasteiger partial charge < -0.3 is 10.2 Å². The molecule has 2 rings (SSSR count). The van der Waals surface area contributed by atoms with Crippen LogP contribution >= 0.6 is 0 Å². The van der Waals surface area contributed by atoms with Crippen LogP contribution in [0.15, 0.2) is 19.0 Å². The zero-order valence-corrected chi connectivity index (χ0v) is 16.7. The molecule has 1 saturated heterocycles. The Hall–Kier alpha value is -2.18. The van der Waals surface area contributed by atoms with E-state index in [-0.39, 0.29) is 40.6 Å². The summed E-state index contributed by atoms with van der Waals surface area (Å²) in [6, 6.07) is -0.0895. The number of hydrogen-bond acceptors (Lipinski definition) is 4. The molecule has 0 spiro atoms. The molecule has 1 aliphatic rings. The number of nitrogens with zero attached hydrogens (tertiary/aromatic N) is 4. The highest BCUT2D eigenvalue weighted by Gasteiger charge is 2.39. The molecule has 1 aromatic heterocycles. The Balaban J connectivity index is 2.16. The third-order valence-electron chi connectivity index (χ3n) is 4.49. The molecule has 0 bridgehead atoms. The lowest BCUT2D eigenvalue weighted by Crippen LogP contribution is -2.41. The summed E-state index contributed by atoms with van der Waals surface area (Å²) in [5.74, 6) is -0.0155. The third kappa shape index (κ3) is 4.93. The van der Waals surface area contributed by atoms with Crippen molar-refractivity contribution >= 4 is 11.8 Å². The maximum Gasteiger partial charge on any atom is 0.293 e. The second-order valence-corrected chi connectivity index (χ2v) is 9.24. The van der Waals surface area contributed by atoms with Crippen LogP contribution in [0.2, 0.25) is 0 Å². The monoisotopic (exact) mass is 361 g/mol. The standard InChI is InChI=1S/C19H31N5O2/c1-8-15(25)21-14-11-23(10-13(14)9-18(2,3)4)17(26)16-20-12-24(22-16)19(5,6)7/h8,12-14H,1,9-11H2,2-7H3,(H,21,25)/t13-,14-/m1/s1. The first-order valence-electron chi connectivity index (χ1n) is 9.05. The van der Waals surface area contributed by atoms with Crippen LogP contribution in [0, 0.1) is 11.3 Å². The van der Waals surface area contributed by atoms with Crippen LogP contribution < -0.4 is 5.32 Å². The highest BCUT2D eigenvalue weighted by molar-refractivity contribution is 5.91. The van der Waals surface area contributed by atoms with Gasteiger partial charge in [-0.2, -0.15) is 0 Å². The second kappa shape index (κ2) is 7.21. The largest absolute Gasteiger partial charge is 0.348 e. The fraction of sp³-hybridized carbons (Fsp3) is 0.684. The number of amides is 2. The normalized spacial score (nSPS) is 20.9. The summed E-state index contributed by atoms with van der Waals surface area (Å²) in [7, 11) is 0. The molecule has 1 aliphatic heterocycles. The Labute approximate surface area is 155 Å². The van der Waals surface area contributed by atoms with E-state index in [1.165, 1.54) is 6.08 Å².